The van der Waals surface area contributed by atoms with Crippen LogP contribution < -0.4 is 4.74 Å². The van der Waals surface area contributed by atoms with Gasteiger partial charge in [0.15, 0.2) is 5.78 Å². The van der Waals surface area contributed by atoms with Crippen LogP contribution in [0.5, 0.6) is 5.75 Å². The normalized spacial score (nSPS) is 13.3. The van der Waals surface area contributed by atoms with Crippen LogP contribution in [-0.4, -0.2) is 12.4 Å². The molecule has 0 bridgehead atoms. The Labute approximate surface area is 119 Å². The molecule has 0 saturated heterocycles. The molecule has 102 valence electrons. The lowest BCUT2D eigenvalue weighted by atomic mass is 10.0. The monoisotopic (exact) mass is 266 g/mol. The van der Waals surface area contributed by atoms with E-state index in [-0.39, 0.29) is 5.78 Å². The topological polar surface area (TPSA) is 26.3 Å². The number of hydrogen-bond acceptors (Lipinski definition) is 2. The second-order valence-electron chi connectivity index (χ2n) is 5.17. The number of carbonyl (C=O) groups is 1. The highest BCUT2D eigenvalue weighted by Gasteiger charge is 2.19. The number of fused-ring (bicyclic) bond motifs is 1. The first-order valence-corrected chi connectivity index (χ1v) is 7.17. The molecule has 20 heavy (non-hydrogen) atoms. The van der Waals surface area contributed by atoms with Crippen LogP contribution in [0, 0.1) is 0 Å². The molecule has 0 heterocycles. The molecule has 1 aliphatic carbocycles. The second-order valence-corrected chi connectivity index (χ2v) is 5.17. The predicted molar refractivity (Wildman–Crippen MR) is 80.3 cm³/mol. The number of carbonyl (C=O) groups excluding carboxylic acids is 1. The summed E-state index contributed by atoms with van der Waals surface area (Å²) in [5, 5.41) is 0. The Kier molecular flexibility index (Phi) is 3.55. The largest absolute Gasteiger partial charge is 0.494 e. The summed E-state index contributed by atoms with van der Waals surface area (Å²) in [5.41, 5.74) is 4.41. The van der Waals surface area contributed by atoms with Crippen LogP contribution in [0.3, 0.4) is 0 Å². The lowest BCUT2D eigenvalue weighted by molar-refractivity contribution is 0.0994. The smallest absolute Gasteiger partial charge is 0.163 e. The number of ketones is 1. The fourth-order valence-electron chi connectivity index (χ4n) is 2.60. The fourth-order valence-corrected chi connectivity index (χ4v) is 2.60. The van der Waals surface area contributed by atoms with Crippen molar-refractivity contribution in [3.8, 4) is 16.9 Å². The summed E-state index contributed by atoms with van der Waals surface area (Å²) in [7, 11) is 0. The van der Waals surface area contributed by atoms with Gasteiger partial charge in [0.1, 0.15) is 5.75 Å². The summed E-state index contributed by atoms with van der Waals surface area (Å²) in [6.45, 7) is 2.85. The van der Waals surface area contributed by atoms with Crippen molar-refractivity contribution in [1.29, 1.82) is 0 Å². The number of benzene rings is 2. The van der Waals surface area contributed by atoms with E-state index < -0.39 is 0 Å². The summed E-state index contributed by atoms with van der Waals surface area (Å²) < 4.78 is 5.59. The standard InChI is InChI=1S/C18H18O2/c1-2-11-20-16-7-3-13(4-8-16)14-5-9-17-15(12-14)6-10-18(17)19/h3-5,7-9,12H,2,6,10-11H2,1H3. The zero-order chi connectivity index (χ0) is 13.9. The Bertz CT molecular complexity index is 626. The van der Waals surface area contributed by atoms with Gasteiger partial charge in [-0.15, -0.1) is 0 Å². The Hall–Kier alpha value is -2.09. The molecule has 0 unspecified atom stereocenters. The molecule has 0 fully saturated rings. The molecule has 0 atom stereocenters. The Morgan fingerprint density at radius 1 is 1.00 bits per heavy atom. The highest BCUT2D eigenvalue weighted by Crippen LogP contribution is 2.29. The van der Waals surface area contributed by atoms with Gasteiger partial charge in [0.2, 0.25) is 0 Å². The van der Waals surface area contributed by atoms with Crippen LogP contribution >= 0.6 is 0 Å². The van der Waals surface area contributed by atoms with E-state index in [1.54, 1.807) is 0 Å². The minimum absolute atomic E-state index is 0.273. The third kappa shape index (κ3) is 2.46. The lowest BCUT2D eigenvalue weighted by Gasteiger charge is -2.07. The quantitative estimate of drug-likeness (QED) is 0.826. The Morgan fingerprint density at radius 3 is 2.50 bits per heavy atom. The van der Waals surface area contributed by atoms with Gasteiger partial charge in [-0.3, -0.25) is 4.79 Å². The molecule has 0 aromatic heterocycles. The Morgan fingerprint density at radius 2 is 1.75 bits per heavy atom. The van der Waals surface area contributed by atoms with Gasteiger partial charge < -0.3 is 4.74 Å². The maximum Gasteiger partial charge on any atom is 0.163 e. The van der Waals surface area contributed by atoms with Gasteiger partial charge in [-0.1, -0.05) is 37.3 Å². The first kappa shape index (κ1) is 12.9. The molecule has 2 nitrogen and oxygen atoms in total. The maximum atomic E-state index is 11.6. The van der Waals surface area contributed by atoms with Crippen LogP contribution in [-0.2, 0) is 6.42 Å². The summed E-state index contributed by atoms with van der Waals surface area (Å²) in [4.78, 5) is 11.6. The van der Waals surface area contributed by atoms with Gasteiger partial charge in [0.05, 0.1) is 6.61 Å². The zero-order valence-electron chi connectivity index (χ0n) is 11.7. The second kappa shape index (κ2) is 5.49. The van der Waals surface area contributed by atoms with E-state index in [1.165, 1.54) is 11.1 Å². The summed E-state index contributed by atoms with van der Waals surface area (Å²) in [5.74, 6) is 1.18. The van der Waals surface area contributed by atoms with Crippen molar-refractivity contribution in [1.82, 2.24) is 0 Å². The lowest BCUT2D eigenvalue weighted by Crippen LogP contribution is -1.94. The number of hydrogen-bond donors (Lipinski definition) is 0. The Balaban J connectivity index is 1.84. The molecule has 0 amide bonds. The number of ether oxygens (including phenoxy) is 1. The molecule has 2 aromatic carbocycles. The van der Waals surface area contributed by atoms with Crippen molar-refractivity contribution in [2.75, 3.05) is 6.61 Å². The highest BCUT2D eigenvalue weighted by molar-refractivity contribution is 6.00. The minimum atomic E-state index is 0.273. The summed E-state index contributed by atoms with van der Waals surface area (Å²) in [6.07, 6.45) is 2.54. The molecular weight excluding hydrogens is 248 g/mol. The first-order chi connectivity index (χ1) is 9.78. The van der Waals surface area contributed by atoms with Crippen LogP contribution in [0.2, 0.25) is 0 Å². The highest BCUT2D eigenvalue weighted by atomic mass is 16.5. The predicted octanol–water partition coefficient (Wildman–Crippen LogP) is 4.27. The van der Waals surface area contributed by atoms with E-state index in [1.807, 2.05) is 24.3 Å². The molecule has 0 saturated carbocycles. The SMILES string of the molecule is CCCOc1ccc(-c2ccc3c(c2)CCC3=O)cc1. The van der Waals surface area contributed by atoms with Crippen LogP contribution in [0.25, 0.3) is 11.1 Å². The molecule has 0 spiro atoms. The fraction of sp³-hybridized carbons (Fsp3) is 0.278. The maximum absolute atomic E-state index is 11.6. The first-order valence-electron chi connectivity index (χ1n) is 7.17. The van der Waals surface area contributed by atoms with E-state index in [0.717, 1.165) is 36.3 Å². The molecular formula is C18H18O2. The van der Waals surface area contributed by atoms with Crippen LogP contribution in [0.4, 0.5) is 0 Å². The van der Waals surface area contributed by atoms with Crippen molar-refractivity contribution >= 4 is 5.78 Å². The molecule has 1 aliphatic rings. The number of Topliss-reactive ketones (excluding diaryl/α,β-unsaturated/α-hetero) is 1. The third-order valence-electron chi connectivity index (χ3n) is 3.69. The van der Waals surface area contributed by atoms with Gasteiger partial charge >= 0.3 is 0 Å². The van der Waals surface area contributed by atoms with E-state index in [4.69, 9.17) is 4.74 Å². The van der Waals surface area contributed by atoms with Crippen molar-refractivity contribution in [2.45, 2.75) is 26.2 Å². The number of aryl methyl sites for hydroxylation is 1. The average Bonchev–Trinajstić information content (AvgIpc) is 2.86. The van der Waals surface area contributed by atoms with Gasteiger partial charge in [-0.25, -0.2) is 0 Å². The van der Waals surface area contributed by atoms with Gasteiger partial charge in [-0.05, 0) is 41.7 Å². The van der Waals surface area contributed by atoms with Crippen molar-refractivity contribution in [3.05, 3.63) is 53.6 Å². The van der Waals surface area contributed by atoms with Crippen LogP contribution in [0.1, 0.15) is 35.7 Å². The molecule has 3 rings (SSSR count). The van der Waals surface area contributed by atoms with E-state index in [2.05, 4.69) is 25.1 Å². The molecule has 0 N–H and O–H groups in total. The average molecular weight is 266 g/mol. The molecule has 0 aliphatic heterocycles. The molecule has 0 radical (unpaired) electrons. The van der Waals surface area contributed by atoms with Crippen molar-refractivity contribution in [3.63, 3.8) is 0 Å². The third-order valence-corrected chi connectivity index (χ3v) is 3.69. The molecule has 2 aromatic rings. The van der Waals surface area contributed by atoms with Crippen LogP contribution in [0.15, 0.2) is 42.5 Å². The van der Waals surface area contributed by atoms with Crippen molar-refractivity contribution in [2.24, 2.45) is 0 Å². The van der Waals surface area contributed by atoms with Gasteiger partial charge in [0.25, 0.3) is 0 Å². The minimum Gasteiger partial charge on any atom is -0.494 e. The number of rotatable bonds is 4. The van der Waals surface area contributed by atoms with Gasteiger partial charge in [0, 0.05) is 12.0 Å². The van der Waals surface area contributed by atoms with E-state index in [9.17, 15) is 4.79 Å². The van der Waals surface area contributed by atoms with E-state index >= 15 is 0 Å². The van der Waals surface area contributed by atoms with Gasteiger partial charge in [-0.2, -0.15) is 0 Å². The zero-order valence-corrected chi connectivity index (χ0v) is 11.7. The summed E-state index contributed by atoms with van der Waals surface area (Å²) >= 11 is 0. The van der Waals surface area contributed by atoms with E-state index in [0.29, 0.717) is 6.42 Å². The molecule has 2 heteroatoms. The summed E-state index contributed by atoms with van der Waals surface area (Å²) in [6, 6.07) is 14.3. The van der Waals surface area contributed by atoms with Crippen molar-refractivity contribution < 1.29 is 9.53 Å².